The van der Waals surface area contributed by atoms with Gasteiger partial charge >= 0.3 is 0 Å². The van der Waals surface area contributed by atoms with Gasteiger partial charge in [-0.05, 0) is 48.5 Å². The van der Waals surface area contributed by atoms with Crippen molar-refractivity contribution >= 4 is 11.8 Å². The summed E-state index contributed by atoms with van der Waals surface area (Å²) in [5.74, 6) is 13.2. The standard InChI is InChI=1S/C28H18S/c1-3-11-23(12-4-1)19-21-25-15-7-9-17-27(25)29-28-18-10-8-16-26(28)22-20-24-13-5-2-6-14-24/h1-18H. The van der Waals surface area contributed by atoms with Gasteiger partial charge < -0.3 is 0 Å². The zero-order valence-corrected chi connectivity index (χ0v) is 16.6. The lowest BCUT2D eigenvalue weighted by Gasteiger charge is -2.06. The van der Waals surface area contributed by atoms with Gasteiger partial charge in [-0.2, -0.15) is 0 Å². The number of hydrogen-bond donors (Lipinski definition) is 0. The fourth-order valence-electron chi connectivity index (χ4n) is 2.76. The third-order valence-electron chi connectivity index (χ3n) is 4.22. The van der Waals surface area contributed by atoms with Crippen molar-refractivity contribution in [3.05, 3.63) is 131 Å². The second kappa shape index (κ2) is 9.52. The van der Waals surface area contributed by atoms with Crippen molar-refractivity contribution in [2.24, 2.45) is 0 Å². The van der Waals surface area contributed by atoms with Gasteiger partial charge in [0.2, 0.25) is 0 Å². The van der Waals surface area contributed by atoms with E-state index in [9.17, 15) is 0 Å². The molecule has 4 rings (SSSR count). The van der Waals surface area contributed by atoms with Crippen LogP contribution in [0.5, 0.6) is 0 Å². The normalized spacial score (nSPS) is 9.66. The van der Waals surface area contributed by atoms with Gasteiger partial charge in [0.25, 0.3) is 0 Å². The Morgan fingerprint density at radius 1 is 0.379 bits per heavy atom. The molecule has 4 aromatic carbocycles. The minimum absolute atomic E-state index is 1.02. The summed E-state index contributed by atoms with van der Waals surface area (Å²) in [5.41, 5.74) is 4.07. The molecule has 0 fully saturated rings. The predicted octanol–water partition coefficient (Wildman–Crippen LogP) is 6.64. The van der Waals surface area contributed by atoms with Crippen LogP contribution in [-0.2, 0) is 0 Å². The van der Waals surface area contributed by atoms with Crippen molar-refractivity contribution in [2.45, 2.75) is 9.79 Å². The first-order valence-electron chi connectivity index (χ1n) is 9.38. The molecule has 0 atom stereocenters. The fraction of sp³-hybridized carbons (Fsp3) is 0. The molecule has 0 spiro atoms. The zero-order chi connectivity index (χ0) is 19.7. The minimum atomic E-state index is 1.02. The minimum Gasteiger partial charge on any atom is -0.0875 e. The van der Waals surface area contributed by atoms with Crippen molar-refractivity contribution in [2.75, 3.05) is 0 Å². The monoisotopic (exact) mass is 386 g/mol. The summed E-state index contributed by atoms with van der Waals surface area (Å²) in [6.07, 6.45) is 0. The van der Waals surface area contributed by atoms with Crippen LogP contribution in [0.15, 0.2) is 119 Å². The molecular weight excluding hydrogens is 368 g/mol. The van der Waals surface area contributed by atoms with Crippen molar-refractivity contribution < 1.29 is 0 Å². The SMILES string of the molecule is C(#Cc1ccccc1Sc1ccccc1C#Cc1ccccc1)c1ccccc1. The molecule has 0 N–H and O–H groups in total. The summed E-state index contributed by atoms with van der Waals surface area (Å²) in [6.45, 7) is 0. The van der Waals surface area contributed by atoms with Gasteiger partial charge in [0.05, 0.1) is 0 Å². The van der Waals surface area contributed by atoms with Crippen LogP contribution in [-0.4, -0.2) is 0 Å². The first-order chi connectivity index (χ1) is 14.4. The highest BCUT2D eigenvalue weighted by atomic mass is 32.2. The maximum atomic E-state index is 3.32. The molecule has 0 heterocycles. The summed E-state index contributed by atoms with van der Waals surface area (Å²) in [7, 11) is 0. The van der Waals surface area contributed by atoms with Crippen molar-refractivity contribution in [1.29, 1.82) is 0 Å². The quantitative estimate of drug-likeness (QED) is 0.348. The molecular formula is C28H18S. The highest BCUT2D eigenvalue weighted by molar-refractivity contribution is 7.99. The van der Waals surface area contributed by atoms with Crippen LogP contribution in [0.3, 0.4) is 0 Å². The van der Waals surface area contributed by atoms with Gasteiger partial charge in [-0.3, -0.25) is 0 Å². The molecule has 0 saturated heterocycles. The van der Waals surface area contributed by atoms with Gasteiger partial charge in [-0.25, -0.2) is 0 Å². The van der Waals surface area contributed by atoms with Crippen LogP contribution in [0.2, 0.25) is 0 Å². The smallest absolute Gasteiger partial charge is 0.0388 e. The molecule has 29 heavy (non-hydrogen) atoms. The lowest BCUT2D eigenvalue weighted by Crippen LogP contribution is -1.85. The molecule has 0 unspecified atom stereocenters. The van der Waals surface area contributed by atoms with E-state index in [1.807, 2.05) is 84.9 Å². The highest BCUT2D eigenvalue weighted by Gasteiger charge is 2.05. The summed E-state index contributed by atoms with van der Waals surface area (Å²) in [4.78, 5) is 2.26. The largest absolute Gasteiger partial charge is 0.0875 e. The van der Waals surface area contributed by atoms with Crippen molar-refractivity contribution in [3.8, 4) is 23.7 Å². The first kappa shape index (κ1) is 18.7. The van der Waals surface area contributed by atoms with Crippen LogP contribution in [0.4, 0.5) is 0 Å². The Balaban J connectivity index is 1.63. The second-order valence-corrected chi connectivity index (χ2v) is 7.41. The number of benzene rings is 4. The molecule has 0 amide bonds. The molecule has 0 nitrogen and oxygen atoms in total. The van der Waals surface area contributed by atoms with E-state index in [1.54, 1.807) is 11.8 Å². The summed E-state index contributed by atoms with van der Waals surface area (Å²) < 4.78 is 0. The summed E-state index contributed by atoms with van der Waals surface area (Å²) in [6, 6.07) is 36.6. The third kappa shape index (κ3) is 5.20. The van der Waals surface area contributed by atoms with Gasteiger partial charge in [0.15, 0.2) is 0 Å². The predicted molar refractivity (Wildman–Crippen MR) is 122 cm³/mol. The molecule has 0 saturated carbocycles. The summed E-state index contributed by atoms with van der Waals surface area (Å²) >= 11 is 1.71. The topological polar surface area (TPSA) is 0 Å². The Bertz CT molecular complexity index is 1120. The molecule has 0 aliphatic rings. The molecule has 0 aromatic heterocycles. The van der Waals surface area contributed by atoms with E-state index in [0.29, 0.717) is 0 Å². The van der Waals surface area contributed by atoms with E-state index in [4.69, 9.17) is 0 Å². The van der Waals surface area contributed by atoms with Gasteiger partial charge in [0.1, 0.15) is 0 Å². The molecule has 0 aliphatic heterocycles. The summed E-state index contributed by atoms with van der Waals surface area (Å²) in [5, 5.41) is 0. The van der Waals surface area contributed by atoms with Crippen LogP contribution in [0.1, 0.15) is 22.3 Å². The molecule has 4 aromatic rings. The van der Waals surface area contributed by atoms with Crippen LogP contribution < -0.4 is 0 Å². The zero-order valence-electron chi connectivity index (χ0n) is 15.8. The number of hydrogen-bond acceptors (Lipinski definition) is 1. The van der Waals surface area contributed by atoms with E-state index in [1.165, 1.54) is 0 Å². The van der Waals surface area contributed by atoms with Crippen LogP contribution in [0.25, 0.3) is 0 Å². The Labute approximate surface area is 176 Å². The van der Waals surface area contributed by atoms with Crippen LogP contribution >= 0.6 is 11.8 Å². The van der Waals surface area contributed by atoms with E-state index >= 15 is 0 Å². The van der Waals surface area contributed by atoms with Crippen molar-refractivity contribution in [3.63, 3.8) is 0 Å². The highest BCUT2D eigenvalue weighted by Crippen LogP contribution is 2.32. The van der Waals surface area contributed by atoms with E-state index < -0.39 is 0 Å². The van der Waals surface area contributed by atoms with E-state index in [-0.39, 0.29) is 0 Å². The Hall–Kier alpha value is -3.65. The Morgan fingerprint density at radius 2 is 0.759 bits per heavy atom. The van der Waals surface area contributed by atoms with Gasteiger partial charge in [0, 0.05) is 32.0 Å². The molecule has 0 aliphatic carbocycles. The van der Waals surface area contributed by atoms with Gasteiger partial charge in [-0.15, -0.1) is 0 Å². The first-order valence-corrected chi connectivity index (χ1v) is 10.2. The molecule has 0 bridgehead atoms. The average molecular weight is 387 g/mol. The third-order valence-corrected chi connectivity index (χ3v) is 5.38. The Morgan fingerprint density at radius 3 is 1.21 bits per heavy atom. The van der Waals surface area contributed by atoms with Gasteiger partial charge in [-0.1, -0.05) is 96.1 Å². The Kier molecular flexibility index (Phi) is 6.14. The molecule has 136 valence electrons. The van der Waals surface area contributed by atoms with Crippen LogP contribution in [0, 0.1) is 23.7 Å². The maximum absolute atomic E-state index is 3.32. The second-order valence-electron chi connectivity index (χ2n) is 6.33. The fourth-order valence-corrected chi connectivity index (χ4v) is 3.75. The van der Waals surface area contributed by atoms with Crippen molar-refractivity contribution in [1.82, 2.24) is 0 Å². The van der Waals surface area contributed by atoms with E-state index in [0.717, 1.165) is 32.0 Å². The number of rotatable bonds is 2. The molecule has 0 radical (unpaired) electrons. The average Bonchev–Trinajstić information content (AvgIpc) is 2.79. The lowest BCUT2D eigenvalue weighted by atomic mass is 10.2. The van der Waals surface area contributed by atoms with E-state index in [2.05, 4.69) is 47.9 Å². The maximum Gasteiger partial charge on any atom is 0.0388 e. The lowest BCUT2D eigenvalue weighted by molar-refractivity contribution is 1.36. The molecule has 1 heteroatoms.